The molecule has 0 fully saturated rings. The molecule has 0 radical (unpaired) electrons. The minimum atomic E-state index is -0.185. The number of carbonyl (C=O) groups excluding carboxylic acids is 1. The van der Waals surface area contributed by atoms with E-state index in [4.69, 9.17) is 5.21 Å². The Kier molecular flexibility index (Phi) is 6.70. The largest absolute Gasteiger partial charge is 0.351 e. The number of nitrogens with zero attached hydrogens (tertiary/aromatic N) is 1. The number of fused-ring (bicyclic) bond motifs is 1. The second-order valence-corrected chi connectivity index (χ2v) is 6.66. The fraction of sp³-hybridized carbons (Fsp3) is 0.562. The van der Waals surface area contributed by atoms with Gasteiger partial charge in [0.05, 0.1) is 6.54 Å². The van der Waals surface area contributed by atoms with Gasteiger partial charge in [0, 0.05) is 24.0 Å². The Labute approximate surface area is 136 Å². The maximum absolute atomic E-state index is 11.5. The van der Waals surface area contributed by atoms with E-state index in [9.17, 15) is 4.79 Å². The van der Waals surface area contributed by atoms with Crippen molar-refractivity contribution in [2.75, 3.05) is 25.9 Å². The highest BCUT2D eigenvalue weighted by Crippen LogP contribution is 2.24. The highest BCUT2D eigenvalue weighted by atomic mass is 32.2. The van der Waals surface area contributed by atoms with Gasteiger partial charge in [-0.2, -0.15) is 5.48 Å². The molecule has 2 rings (SSSR count). The molecule has 0 saturated heterocycles. The van der Waals surface area contributed by atoms with Crippen molar-refractivity contribution in [3.05, 3.63) is 29.3 Å². The van der Waals surface area contributed by atoms with Crippen LogP contribution in [-0.2, 0) is 17.8 Å². The number of carbonyl (C=O) groups is 1. The van der Waals surface area contributed by atoms with Crippen molar-refractivity contribution in [1.29, 1.82) is 0 Å². The van der Waals surface area contributed by atoms with Crippen molar-refractivity contribution in [2.24, 2.45) is 0 Å². The van der Waals surface area contributed by atoms with Crippen LogP contribution in [0.15, 0.2) is 23.1 Å². The van der Waals surface area contributed by atoms with E-state index >= 15 is 0 Å². The van der Waals surface area contributed by atoms with Crippen LogP contribution in [0.3, 0.4) is 0 Å². The molecule has 1 aliphatic rings. The zero-order valence-corrected chi connectivity index (χ0v) is 14.1. The lowest BCUT2D eigenvalue weighted by atomic mass is 10.0. The topological polar surface area (TPSA) is 64.6 Å². The molecular weight excluding hydrogens is 298 g/mol. The summed E-state index contributed by atoms with van der Waals surface area (Å²) in [4.78, 5) is 15.2. The van der Waals surface area contributed by atoms with Gasteiger partial charge in [-0.05, 0) is 55.8 Å². The molecule has 0 aliphatic carbocycles. The summed E-state index contributed by atoms with van der Waals surface area (Å²) in [5.41, 5.74) is 4.73. The SMILES string of the molecule is CSc1ccc2c(c1)CCCN(C[C@H](C)NC(=O)CNO)C2. The summed E-state index contributed by atoms with van der Waals surface area (Å²) >= 11 is 1.78. The summed E-state index contributed by atoms with van der Waals surface area (Å²) in [6.45, 7) is 4.73. The Balaban J connectivity index is 1.94. The molecule has 5 nitrogen and oxygen atoms in total. The van der Waals surface area contributed by atoms with Crippen molar-refractivity contribution >= 4 is 17.7 Å². The minimum Gasteiger partial charge on any atom is -0.351 e. The van der Waals surface area contributed by atoms with Crippen molar-refractivity contribution < 1.29 is 10.0 Å². The summed E-state index contributed by atoms with van der Waals surface area (Å²) in [6.07, 6.45) is 4.37. The Morgan fingerprint density at radius 3 is 3.00 bits per heavy atom. The molecule has 22 heavy (non-hydrogen) atoms. The van der Waals surface area contributed by atoms with E-state index in [2.05, 4.69) is 34.7 Å². The monoisotopic (exact) mass is 323 g/mol. The molecule has 3 N–H and O–H groups in total. The summed E-state index contributed by atoms with van der Waals surface area (Å²) in [7, 11) is 0. The molecule has 1 atom stereocenters. The van der Waals surface area contributed by atoms with E-state index in [1.807, 2.05) is 12.4 Å². The third-order valence-corrected chi connectivity index (χ3v) is 4.63. The Bertz CT molecular complexity index is 510. The van der Waals surface area contributed by atoms with Gasteiger partial charge in [0.1, 0.15) is 0 Å². The molecule has 0 unspecified atom stereocenters. The number of hydrogen-bond acceptors (Lipinski definition) is 5. The summed E-state index contributed by atoms with van der Waals surface area (Å²) in [6, 6.07) is 6.79. The third-order valence-electron chi connectivity index (χ3n) is 3.91. The standard InChI is InChI=1S/C16H25N3O2S/c1-12(18-16(20)9-17-21)10-19-7-3-4-13-8-15(22-2)6-5-14(13)11-19/h5-6,8,12,17,21H,3-4,7,9-11H2,1-2H3,(H,18,20)/t12-/m0/s1. The first-order valence-electron chi connectivity index (χ1n) is 7.67. The number of rotatable bonds is 6. The number of nitrogens with one attached hydrogen (secondary N) is 2. The lowest BCUT2D eigenvalue weighted by Gasteiger charge is -2.25. The Morgan fingerprint density at radius 2 is 2.27 bits per heavy atom. The molecule has 0 aromatic heterocycles. The van der Waals surface area contributed by atoms with Gasteiger partial charge in [-0.15, -0.1) is 11.8 Å². The number of benzene rings is 1. The predicted octanol–water partition coefficient (Wildman–Crippen LogP) is 1.64. The Morgan fingerprint density at radius 1 is 1.45 bits per heavy atom. The quantitative estimate of drug-likeness (QED) is 0.549. The maximum Gasteiger partial charge on any atom is 0.236 e. The lowest BCUT2D eigenvalue weighted by Crippen LogP contribution is -2.44. The first kappa shape index (κ1) is 17.3. The van der Waals surface area contributed by atoms with Gasteiger partial charge in [-0.25, -0.2) is 0 Å². The molecule has 1 aromatic rings. The van der Waals surface area contributed by atoms with E-state index < -0.39 is 0 Å². The van der Waals surface area contributed by atoms with Gasteiger partial charge in [0.2, 0.25) is 5.91 Å². The van der Waals surface area contributed by atoms with Crippen molar-refractivity contribution in [2.45, 2.75) is 37.2 Å². The predicted molar refractivity (Wildman–Crippen MR) is 89.2 cm³/mol. The third kappa shape index (κ3) is 4.98. The van der Waals surface area contributed by atoms with Crippen LogP contribution in [0.1, 0.15) is 24.5 Å². The zero-order chi connectivity index (χ0) is 15.9. The van der Waals surface area contributed by atoms with Gasteiger partial charge in [-0.3, -0.25) is 9.69 Å². The molecule has 6 heteroatoms. The van der Waals surface area contributed by atoms with Crippen LogP contribution in [-0.4, -0.2) is 47.9 Å². The van der Waals surface area contributed by atoms with Crippen molar-refractivity contribution in [3.63, 3.8) is 0 Å². The minimum absolute atomic E-state index is 0.0628. The van der Waals surface area contributed by atoms with E-state index in [-0.39, 0.29) is 18.5 Å². The van der Waals surface area contributed by atoms with Crippen molar-refractivity contribution in [1.82, 2.24) is 15.7 Å². The number of amides is 1. The van der Waals surface area contributed by atoms with Gasteiger partial charge < -0.3 is 10.5 Å². The average Bonchev–Trinajstić information content (AvgIpc) is 2.67. The molecule has 1 amide bonds. The van der Waals surface area contributed by atoms with Crippen LogP contribution in [0.2, 0.25) is 0 Å². The van der Waals surface area contributed by atoms with Crippen LogP contribution >= 0.6 is 11.8 Å². The van der Waals surface area contributed by atoms with Crippen LogP contribution < -0.4 is 10.8 Å². The molecule has 1 aromatic carbocycles. The second-order valence-electron chi connectivity index (χ2n) is 5.78. The zero-order valence-electron chi connectivity index (χ0n) is 13.3. The number of aryl methyl sites for hydroxylation is 1. The first-order valence-corrected chi connectivity index (χ1v) is 8.89. The average molecular weight is 323 g/mol. The number of hydroxylamine groups is 1. The number of thioether (sulfide) groups is 1. The van der Waals surface area contributed by atoms with E-state index in [1.165, 1.54) is 16.0 Å². The smallest absolute Gasteiger partial charge is 0.236 e. The molecule has 1 heterocycles. The summed E-state index contributed by atoms with van der Waals surface area (Å²) in [5, 5.41) is 11.4. The number of hydrogen-bond donors (Lipinski definition) is 3. The first-order chi connectivity index (χ1) is 10.6. The van der Waals surface area contributed by atoms with Gasteiger partial charge in [0.25, 0.3) is 0 Å². The van der Waals surface area contributed by atoms with Crippen LogP contribution in [0.5, 0.6) is 0 Å². The molecule has 1 aliphatic heterocycles. The van der Waals surface area contributed by atoms with Crippen LogP contribution in [0, 0.1) is 0 Å². The van der Waals surface area contributed by atoms with Gasteiger partial charge in [0.15, 0.2) is 0 Å². The van der Waals surface area contributed by atoms with Crippen LogP contribution in [0.4, 0.5) is 0 Å². The summed E-state index contributed by atoms with van der Waals surface area (Å²) < 4.78 is 0. The van der Waals surface area contributed by atoms with Crippen molar-refractivity contribution in [3.8, 4) is 0 Å². The molecule has 122 valence electrons. The van der Waals surface area contributed by atoms with Gasteiger partial charge in [-0.1, -0.05) is 6.07 Å². The summed E-state index contributed by atoms with van der Waals surface area (Å²) in [5.74, 6) is -0.185. The normalized spacial score (nSPS) is 16.7. The fourth-order valence-electron chi connectivity index (χ4n) is 2.92. The molecule has 0 bridgehead atoms. The highest BCUT2D eigenvalue weighted by molar-refractivity contribution is 7.98. The highest BCUT2D eigenvalue weighted by Gasteiger charge is 2.17. The fourth-order valence-corrected chi connectivity index (χ4v) is 3.38. The van der Waals surface area contributed by atoms with Gasteiger partial charge >= 0.3 is 0 Å². The van der Waals surface area contributed by atoms with E-state index in [0.29, 0.717) is 0 Å². The van der Waals surface area contributed by atoms with E-state index in [1.54, 1.807) is 11.8 Å². The molecule has 0 spiro atoms. The lowest BCUT2D eigenvalue weighted by molar-refractivity contribution is -0.122. The Hall–Kier alpha value is -1.08. The van der Waals surface area contributed by atoms with Crippen LogP contribution in [0.25, 0.3) is 0 Å². The molecule has 0 saturated carbocycles. The second kappa shape index (κ2) is 8.53. The maximum atomic E-state index is 11.5. The molecular formula is C16H25N3O2S. The van der Waals surface area contributed by atoms with E-state index in [0.717, 1.165) is 32.5 Å².